The molecule has 0 saturated heterocycles. The van der Waals surface area contributed by atoms with Crippen LogP contribution in [0.4, 0.5) is 0 Å². The first-order valence-corrected chi connectivity index (χ1v) is 5.87. The van der Waals surface area contributed by atoms with E-state index < -0.39 is 0 Å². The molecule has 2 aromatic rings. The van der Waals surface area contributed by atoms with Crippen LogP contribution in [0, 0.1) is 6.92 Å². The van der Waals surface area contributed by atoms with Crippen molar-refractivity contribution in [1.82, 2.24) is 19.7 Å². The van der Waals surface area contributed by atoms with Gasteiger partial charge in [-0.3, -0.25) is 0 Å². The summed E-state index contributed by atoms with van der Waals surface area (Å²) < 4.78 is 1.89. The van der Waals surface area contributed by atoms with Gasteiger partial charge in [0.1, 0.15) is 6.33 Å². The molecule has 0 aromatic carbocycles. The Morgan fingerprint density at radius 1 is 1.41 bits per heavy atom. The zero-order valence-electron chi connectivity index (χ0n) is 9.80. The molecule has 2 aromatic heterocycles. The average Bonchev–Trinajstić information content (AvgIpc) is 2.74. The van der Waals surface area contributed by atoms with Crippen molar-refractivity contribution < 1.29 is 0 Å². The summed E-state index contributed by atoms with van der Waals surface area (Å²) in [5.41, 5.74) is 9.38. The topological polar surface area (TPSA) is 69.6 Å². The molecule has 1 aliphatic carbocycles. The van der Waals surface area contributed by atoms with E-state index in [0.717, 1.165) is 36.3 Å². The molecule has 5 nitrogen and oxygen atoms in total. The van der Waals surface area contributed by atoms with E-state index >= 15 is 0 Å². The van der Waals surface area contributed by atoms with Crippen LogP contribution in [-0.4, -0.2) is 19.7 Å². The van der Waals surface area contributed by atoms with Crippen molar-refractivity contribution in [3.63, 3.8) is 0 Å². The van der Waals surface area contributed by atoms with Crippen LogP contribution in [-0.2, 0) is 6.42 Å². The van der Waals surface area contributed by atoms with Crippen LogP contribution in [0.15, 0.2) is 18.6 Å². The van der Waals surface area contributed by atoms with Crippen molar-refractivity contribution in [2.24, 2.45) is 5.73 Å². The third-order valence-corrected chi connectivity index (χ3v) is 3.24. The molecule has 2 N–H and O–H groups in total. The highest BCUT2D eigenvalue weighted by atomic mass is 15.3. The summed E-state index contributed by atoms with van der Waals surface area (Å²) in [4.78, 5) is 8.36. The third-order valence-electron chi connectivity index (χ3n) is 3.24. The predicted molar refractivity (Wildman–Crippen MR) is 63.8 cm³/mol. The largest absolute Gasteiger partial charge is 0.324 e. The normalized spacial score (nSPS) is 19.1. The molecule has 0 saturated carbocycles. The van der Waals surface area contributed by atoms with Gasteiger partial charge in [0, 0.05) is 23.4 Å². The van der Waals surface area contributed by atoms with Gasteiger partial charge in [-0.2, -0.15) is 5.10 Å². The SMILES string of the molecule is Cc1cc(-n2ncc3c2CCCC3N)ncn1. The van der Waals surface area contributed by atoms with Crippen molar-refractivity contribution in [3.05, 3.63) is 35.5 Å². The van der Waals surface area contributed by atoms with Crippen LogP contribution >= 0.6 is 0 Å². The predicted octanol–water partition coefficient (Wildman–Crippen LogP) is 1.31. The summed E-state index contributed by atoms with van der Waals surface area (Å²) in [7, 11) is 0. The zero-order chi connectivity index (χ0) is 11.8. The minimum atomic E-state index is 0.121. The molecule has 0 spiro atoms. The Morgan fingerprint density at radius 2 is 2.29 bits per heavy atom. The molecule has 1 atom stereocenters. The molecular weight excluding hydrogens is 214 g/mol. The molecule has 0 fully saturated rings. The molecule has 5 heteroatoms. The van der Waals surface area contributed by atoms with Crippen molar-refractivity contribution in [2.75, 3.05) is 0 Å². The number of nitrogens with two attached hydrogens (primary N) is 1. The molecule has 0 aliphatic heterocycles. The van der Waals surface area contributed by atoms with E-state index in [0.29, 0.717) is 0 Å². The number of nitrogens with zero attached hydrogens (tertiary/aromatic N) is 4. The standard InChI is InChI=1S/C12H15N5/c1-8-5-12(15-7-14-8)17-11-4-2-3-10(13)9(11)6-16-17/h5-7,10H,2-4,13H2,1H3. The van der Waals surface area contributed by atoms with E-state index in [9.17, 15) is 0 Å². The highest BCUT2D eigenvalue weighted by Crippen LogP contribution is 2.28. The Kier molecular flexibility index (Phi) is 2.40. The summed E-state index contributed by atoms with van der Waals surface area (Å²) >= 11 is 0. The number of aromatic nitrogens is 4. The maximum absolute atomic E-state index is 6.08. The van der Waals surface area contributed by atoms with Gasteiger partial charge in [0.05, 0.1) is 11.9 Å². The number of rotatable bonds is 1. The molecule has 0 amide bonds. The lowest BCUT2D eigenvalue weighted by Gasteiger charge is -2.19. The number of hydrogen-bond acceptors (Lipinski definition) is 4. The molecule has 17 heavy (non-hydrogen) atoms. The first-order valence-electron chi connectivity index (χ1n) is 5.87. The van der Waals surface area contributed by atoms with E-state index in [1.807, 2.05) is 23.9 Å². The third kappa shape index (κ3) is 1.72. The molecule has 0 radical (unpaired) electrons. The Bertz CT molecular complexity index is 546. The average molecular weight is 229 g/mol. The van der Waals surface area contributed by atoms with E-state index in [1.54, 1.807) is 6.33 Å². The minimum absolute atomic E-state index is 0.121. The van der Waals surface area contributed by atoms with Gasteiger partial charge in [-0.25, -0.2) is 14.6 Å². The van der Waals surface area contributed by atoms with Gasteiger partial charge in [-0.05, 0) is 26.2 Å². The fraction of sp³-hybridized carbons (Fsp3) is 0.417. The quantitative estimate of drug-likeness (QED) is 0.800. The second kappa shape index (κ2) is 3.92. The monoisotopic (exact) mass is 229 g/mol. The molecule has 0 bridgehead atoms. The van der Waals surface area contributed by atoms with Crippen LogP contribution in [0.1, 0.15) is 35.8 Å². The maximum Gasteiger partial charge on any atom is 0.157 e. The van der Waals surface area contributed by atoms with Crippen LogP contribution < -0.4 is 5.73 Å². The van der Waals surface area contributed by atoms with Gasteiger partial charge in [0.15, 0.2) is 5.82 Å². The van der Waals surface area contributed by atoms with E-state index in [2.05, 4.69) is 15.1 Å². The van der Waals surface area contributed by atoms with Gasteiger partial charge in [-0.15, -0.1) is 0 Å². The van der Waals surface area contributed by atoms with Crippen molar-refractivity contribution >= 4 is 0 Å². The van der Waals surface area contributed by atoms with E-state index in [4.69, 9.17) is 5.73 Å². The molecule has 3 rings (SSSR count). The van der Waals surface area contributed by atoms with E-state index in [-0.39, 0.29) is 6.04 Å². The van der Waals surface area contributed by atoms with Crippen LogP contribution in [0.5, 0.6) is 0 Å². The van der Waals surface area contributed by atoms with Crippen molar-refractivity contribution in [2.45, 2.75) is 32.2 Å². The lowest BCUT2D eigenvalue weighted by atomic mass is 9.94. The van der Waals surface area contributed by atoms with Crippen molar-refractivity contribution in [3.8, 4) is 5.82 Å². The van der Waals surface area contributed by atoms with Crippen molar-refractivity contribution in [1.29, 1.82) is 0 Å². The molecule has 2 heterocycles. The minimum Gasteiger partial charge on any atom is -0.324 e. The summed E-state index contributed by atoms with van der Waals surface area (Å²) in [6.45, 7) is 1.95. The van der Waals surface area contributed by atoms with Gasteiger partial charge in [0.25, 0.3) is 0 Å². The number of hydrogen-bond donors (Lipinski definition) is 1. The summed E-state index contributed by atoms with van der Waals surface area (Å²) in [6, 6.07) is 2.06. The fourth-order valence-electron chi connectivity index (χ4n) is 2.35. The smallest absolute Gasteiger partial charge is 0.157 e. The molecular formula is C12H15N5. The Morgan fingerprint density at radius 3 is 3.12 bits per heavy atom. The lowest BCUT2D eigenvalue weighted by Crippen LogP contribution is -2.18. The Labute approximate surface area is 99.7 Å². The molecule has 1 aliphatic rings. The van der Waals surface area contributed by atoms with Crippen LogP contribution in [0.25, 0.3) is 5.82 Å². The summed E-state index contributed by atoms with van der Waals surface area (Å²) in [5.74, 6) is 0.827. The first kappa shape index (κ1) is 10.4. The van der Waals surface area contributed by atoms with Gasteiger partial charge >= 0.3 is 0 Å². The Hall–Kier alpha value is -1.75. The first-order chi connectivity index (χ1) is 8.25. The maximum atomic E-state index is 6.08. The number of fused-ring (bicyclic) bond motifs is 1. The fourth-order valence-corrected chi connectivity index (χ4v) is 2.35. The van der Waals surface area contributed by atoms with Gasteiger partial charge < -0.3 is 5.73 Å². The number of aryl methyl sites for hydroxylation is 1. The van der Waals surface area contributed by atoms with Gasteiger partial charge in [0.2, 0.25) is 0 Å². The van der Waals surface area contributed by atoms with Gasteiger partial charge in [-0.1, -0.05) is 0 Å². The second-order valence-electron chi connectivity index (χ2n) is 4.47. The Balaban J connectivity index is 2.10. The molecule has 88 valence electrons. The van der Waals surface area contributed by atoms with E-state index in [1.165, 1.54) is 5.69 Å². The van der Waals surface area contributed by atoms with Crippen LogP contribution in [0.3, 0.4) is 0 Å². The molecule has 1 unspecified atom stereocenters. The van der Waals surface area contributed by atoms with Crippen LogP contribution in [0.2, 0.25) is 0 Å². The lowest BCUT2D eigenvalue weighted by molar-refractivity contribution is 0.556. The summed E-state index contributed by atoms with van der Waals surface area (Å²) in [6.07, 6.45) is 6.62. The zero-order valence-corrected chi connectivity index (χ0v) is 9.80. The highest BCUT2D eigenvalue weighted by Gasteiger charge is 2.22. The summed E-state index contributed by atoms with van der Waals surface area (Å²) in [5, 5.41) is 4.41. The second-order valence-corrected chi connectivity index (χ2v) is 4.47. The highest BCUT2D eigenvalue weighted by molar-refractivity contribution is 5.32.